The molecule has 0 spiro atoms. The molecule has 3 heterocycles. The van der Waals surface area contributed by atoms with E-state index in [2.05, 4.69) is 33.2 Å². The van der Waals surface area contributed by atoms with Gasteiger partial charge >= 0.3 is 0 Å². The highest BCUT2D eigenvalue weighted by Crippen LogP contribution is 2.26. The average Bonchev–Trinajstić information content (AvgIpc) is 2.98. The Hall–Kier alpha value is -1.84. The normalized spacial score (nSPS) is 15.3. The monoisotopic (exact) mass is 296 g/mol. The molecule has 0 radical (unpaired) electrons. The summed E-state index contributed by atoms with van der Waals surface area (Å²) in [5, 5.41) is 0. The molecule has 1 aliphatic heterocycles. The fraction of sp³-hybridized carbons (Fsp3) is 0.556. The topological polar surface area (TPSA) is 35.6 Å². The molecule has 0 amide bonds. The van der Waals surface area contributed by atoms with E-state index in [0.717, 1.165) is 30.5 Å². The van der Waals surface area contributed by atoms with Gasteiger partial charge in [-0.3, -0.25) is 0 Å². The van der Waals surface area contributed by atoms with E-state index in [0.29, 0.717) is 0 Å². The van der Waals surface area contributed by atoms with Crippen LogP contribution in [0.1, 0.15) is 51.3 Å². The van der Waals surface area contributed by atoms with Gasteiger partial charge in [0.2, 0.25) is 0 Å². The zero-order valence-corrected chi connectivity index (χ0v) is 13.4. The number of hydrogen-bond donors (Lipinski definition) is 0. The maximum Gasteiger partial charge on any atom is 0.109 e. The van der Waals surface area contributed by atoms with Gasteiger partial charge in [-0.05, 0) is 31.4 Å². The minimum Gasteiger partial charge on any atom is -0.331 e. The Bertz CT molecular complexity index is 796. The molecule has 1 aliphatic rings. The summed E-state index contributed by atoms with van der Waals surface area (Å²) in [5.74, 6) is 1.26. The van der Waals surface area contributed by atoms with E-state index in [1.807, 2.05) is 6.33 Å². The van der Waals surface area contributed by atoms with Gasteiger partial charge in [0.15, 0.2) is 0 Å². The molecule has 0 atom stereocenters. The van der Waals surface area contributed by atoms with Crippen LogP contribution in [0, 0.1) is 0 Å². The van der Waals surface area contributed by atoms with Crippen LogP contribution < -0.4 is 0 Å². The van der Waals surface area contributed by atoms with Crippen molar-refractivity contribution >= 4 is 22.1 Å². The van der Waals surface area contributed by atoms with Crippen molar-refractivity contribution in [1.82, 2.24) is 19.1 Å². The highest BCUT2D eigenvalue weighted by atomic mass is 15.1. The molecule has 4 rings (SSSR count). The molecule has 2 aromatic heterocycles. The molecule has 0 saturated heterocycles. The Morgan fingerprint density at radius 1 is 1.05 bits per heavy atom. The lowest BCUT2D eigenvalue weighted by Gasteiger charge is -2.06. The molecule has 0 saturated carbocycles. The molecule has 4 nitrogen and oxygen atoms in total. The van der Waals surface area contributed by atoms with E-state index >= 15 is 0 Å². The molecule has 3 aromatic rings. The minimum atomic E-state index is 1.07. The number of imidazole rings is 2. The van der Waals surface area contributed by atoms with Crippen molar-refractivity contribution in [2.75, 3.05) is 0 Å². The lowest BCUT2D eigenvalue weighted by molar-refractivity contribution is 0.613. The molecular weight excluding hydrogens is 272 g/mol. The molecule has 0 unspecified atom stereocenters. The third kappa shape index (κ3) is 2.31. The van der Waals surface area contributed by atoms with Gasteiger partial charge in [-0.15, -0.1) is 0 Å². The second-order valence-corrected chi connectivity index (χ2v) is 6.47. The smallest absolute Gasteiger partial charge is 0.109 e. The first-order valence-corrected chi connectivity index (χ1v) is 8.71. The van der Waals surface area contributed by atoms with E-state index in [1.54, 1.807) is 0 Å². The van der Waals surface area contributed by atoms with E-state index in [-0.39, 0.29) is 0 Å². The van der Waals surface area contributed by atoms with Crippen LogP contribution in [-0.4, -0.2) is 19.1 Å². The Labute approximate surface area is 131 Å². The number of nitrogens with zero attached hydrogens (tertiary/aromatic N) is 4. The molecule has 1 aromatic carbocycles. The van der Waals surface area contributed by atoms with Crippen LogP contribution in [0.15, 0.2) is 18.5 Å². The Morgan fingerprint density at radius 2 is 2.00 bits per heavy atom. The van der Waals surface area contributed by atoms with Gasteiger partial charge in [-0.25, -0.2) is 9.97 Å². The third-order valence-electron chi connectivity index (χ3n) is 4.85. The van der Waals surface area contributed by atoms with E-state index in [4.69, 9.17) is 4.98 Å². The fourth-order valence-corrected chi connectivity index (χ4v) is 3.61. The van der Waals surface area contributed by atoms with Crippen LogP contribution in [0.4, 0.5) is 0 Å². The van der Waals surface area contributed by atoms with Crippen molar-refractivity contribution in [3.05, 3.63) is 24.3 Å². The maximum absolute atomic E-state index is 4.86. The van der Waals surface area contributed by atoms with E-state index in [9.17, 15) is 0 Å². The number of rotatable bonds is 4. The maximum atomic E-state index is 4.86. The lowest BCUT2D eigenvalue weighted by atomic mass is 10.2. The lowest BCUT2D eigenvalue weighted by Crippen LogP contribution is -2.00. The first-order valence-electron chi connectivity index (χ1n) is 8.71. The zero-order chi connectivity index (χ0) is 14.9. The molecule has 0 bridgehead atoms. The number of aromatic nitrogens is 4. The summed E-state index contributed by atoms with van der Waals surface area (Å²) in [7, 11) is 0. The summed E-state index contributed by atoms with van der Waals surface area (Å²) >= 11 is 0. The van der Waals surface area contributed by atoms with Crippen LogP contribution in [-0.2, 0) is 19.5 Å². The molecule has 22 heavy (non-hydrogen) atoms. The van der Waals surface area contributed by atoms with Crippen molar-refractivity contribution in [2.24, 2.45) is 0 Å². The second kappa shape index (κ2) is 5.75. The molecule has 0 aliphatic carbocycles. The molecule has 0 fully saturated rings. The zero-order valence-electron chi connectivity index (χ0n) is 13.4. The average molecular weight is 296 g/mol. The van der Waals surface area contributed by atoms with Crippen LogP contribution in [0.3, 0.4) is 0 Å². The number of unbranched alkanes of at least 4 members (excludes halogenated alkanes) is 2. The number of benzene rings is 1. The van der Waals surface area contributed by atoms with Gasteiger partial charge in [0.05, 0.1) is 28.4 Å². The van der Waals surface area contributed by atoms with Crippen molar-refractivity contribution in [1.29, 1.82) is 0 Å². The minimum absolute atomic E-state index is 1.07. The first-order chi connectivity index (χ1) is 10.9. The predicted molar refractivity (Wildman–Crippen MR) is 90.1 cm³/mol. The van der Waals surface area contributed by atoms with Crippen molar-refractivity contribution in [3.8, 4) is 0 Å². The first kappa shape index (κ1) is 13.8. The summed E-state index contributed by atoms with van der Waals surface area (Å²) in [6.45, 7) is 4.43. The molecule has 0 N–H and O–H groups in total. The number of aryl methyl sites for hydroxylation is 3. The highest BCUT2D eigenvalue weighted by molar-refractivity contribution is 5.92. The van der Waals surface area contributed by atoms with E-state index < -0.39 is 0 Å². The Morgan fingerprint density at radius 3 is 2.91 bits per heavy atom. The number of hydrogen-bond acceptors (Lipinski definition) is 2. The van der Waals surface area contributed by atoms with Gasteiger partial charge in [-0.1, -0.05) is 26.2 Å². The van der Waals surface area contributed by atoms with Crippen molar-refractivity contribution < 1.29 is 0 Å². The van der Waals surface area contributed by atoms with Gasteiger partial charge in [0.1, 0.15) is 5.82 Å². The largest absolute Gasteiger partial charge is 0.331 e. The van der Waals surface area contributed by atoms with Crippen LogP contribution in [0.2, 0.25) is 0 Å². The summed E-state index contributed by atoms with van der Waals surface area (Å²) in [5.41, 5.74) is 4.75. The van der Waals surface area contributed by atoms with Crippen molar-refractivity contribution in [3.63, 3.8) is 0 Å². The Balaban J connectivity index is 1.79. The fourth-order valence-electron chi connectivity index (χ4n) is 3.61. The van der Waals surface area contributed by atoms with Crippen LogP contribution >= 0.6 is 0 Å². The summed E-state index contributed by atoms with van der Waals surface area (Å²) in [6, 6.07) is 4.48. The quantitative estimate of drug-likeness (QED) is 0.673. The second-order valence-electron chi connectivity index (χ2n) is 6.47. The molecule has 4 heteroatoms. The standard InChI is InChI=1S/C18H24N4/c1-2-3-6-9-21-13-19-14-11-15-17(12-16(14)21)22-10-7-4-5-8-18(22)20-15/h11-13H,2-10H2,1H3. The predicted octanol–water partition coefficient (Wildman–Crippen LogP) is 4.30. The van der Waals surface area contributed by atoms with E-state index in [1.165, 1.54) is 55.4 Å². The van der Waals surface area contributed by atoms with Crippen LogP contribution in [0.25, 0.3) is 22.1 Å². The number of fused-ring (bicyclic) bond motifs is 4. The molecular formula is C18H24N4. The van der Waals surface area contributed by atoms with Gasteiger partial charge in [0, 0.05) is 19.5 Å². The van der Waals surface area contributed by atoms with Gasteiger partial charge in [0.25, 0.3) is 0 Å². The summed E-state index contributed by atoms with van der Waals surface area (Å²) in [6.07, 6.45) is 10.7. The van der Waals surface area contributed by atoms with Crippen LogP contribution in [0.5, 0.6) is 0 Å². The SMILES string of the molecule is CCCCCn1cnc2cc3nc4n(c3cc21)CCCCC4. The third-order valence-corrected chi connectivity index (χ3v) is 4.85. The highest BCUT2D eigenvalue weighted by Gasteiger charge is 2.15. The molecule has 116 valence electrons. The van der Waals surface area contributed by atoms with Gasteiger partial charge in [-0.2, -0.15) is 0 Å². The van der Waals surface area contributed by atoms with Crippen molar-refractivity contribution in [2.45, 2.75) is 65.0 Å². The van der Waals surface area contributed by atoms with Gasteiger partial charge < -0.3 is 9.13 Å². The Kier molecular flexibility index (Phi) is 3.60. The summed E-state index contributed by atoms with van der Waals surface area (Å²) < 4.78 is 4.74. The summed E-state index contributed by atoms with van der Waals surface area (Å²) in [4.78, 5) is 9.45.